The van der Waals surface area contributed by atoms with E-state index in [1.165, 1.54) is 17.6 Å². The molecule has 1 aromatic carbocycles. The second kappa shape index (κ2) is 7.44. The molecule has 0 aliphatic rings. The molecule has 0 spiro atoms. The fraction of sp³-hybridized carbons (Fsp3) is 0.118. The number of carbonyl (C=O) groups is 1. The zero-order chi connectivity index (χ0) is 16.8. The number of urea groups is 1. The van der Waals surface area contributed by atoms with Crippen LogP contribution in [-0.2, 0) is 13.1 Å². The minimum atomic E-state index is -0.272. The maximum absolute atomic E-state index is 11.8. The van der Waals surface area contributed by atoms with Crippen LogP contribution in [-0.4, -0.2) is 11.2 Å². The van der Waals surface area contributed by atoms with Crippen LogP contribution in [0.25, 0.3) is 10.4 Å². The van der Waals surface area contributed by atoms with Crippen molar-refractivity contribution in [2.45, 2.75) is 13.1 Å². The Morgan fingerprint density at radius 2 is 2.08 bits per heavy atom. The molecule has 24 heavy (non-hydrogen) atoms. The van der Waals surface area contributed by atoms with Gasteiger partial charge in [0.15, 0.2) is 0 Å². The molecule has 0 aliphatic carbocycles. The minimum Gasteiger partial charge on any atom is -0.364 e. The van der Waals surface area contributed by atoms with Gasteiger partial charge in [-0.15, -0.1) is 11.3 Å². The molecule has 0 unspecified atom stereocenters. The molecule has 2 heterocycles. The molecule has 7 heteroatoms. The van der Waals surface area contributed by atoms with Gasteiger partial charge in [-0.1, -0.05) is 23.4 Å². The normalized spacial score (nSPS) is 10.1. The maximum atomic E-state index is 11.8. The molecule has 2 amide bonds. The lowest BCUT2D eigenvalue weighted by molar-refractivity contribution is 0.240. The lowest BCUT2D eigenvalue weighted by Crippen LogP contribution is -2.34. The molecule has 0 fully saturated rings. The van der Waals surface area contributed by atoms with Crippen LogP contribution >= 0.6 is 11.3 Å². The Hall–Kier alpha value is -3.11. The van der Waals surface area contributed by atoms with Crippen LogP contribution < -0.4 is 10.6 Å². The van der Waals surface area contributed by atoms with Gasteiger partial charge < -0.3 is 15.2 Å². The number of nitrogens with zero attached hydrogens (tertiary/aromatic N) is 2. The monoisotopic (exact) mass is 338 g/mol. The summed E-state index contributed by atoms with van der Waals surface area (Å²) in [4.78, 5) is 13.5. The average molecular weight is 338 g/mol. The third-order valence-corrected chi connectivity index (χ3v) is 4.34. The Labute approximate surface area is 142 Å². The number of hydrogen-bond donors (Lipinski definition) is 2. The number of thiophene rings is 1. The van der Waals surface area contributed by atoms with Crippen LogP contribution in [0.4, 0.5) is 4.79 Å². The zero-order valence-corrected chi connectivity index (χ0v) is 13.5. The molecule has 2 aromatic heterocycles. The summed E-state index contributed by atoms with van der Waals surface area (Å²) in [5.74, 6) is 0. The Bertz CT molecular complexity index is 865. The first-order chi connectivity index (χ1) is 11.7. The summed E-state index contributed by atoms with van der Waals surface area (Å²) in [6, 6.07) is 15.2. The second-order valence-corrected chi connectivity index (χ2v) is 6.09. The fourth-order valence-corrected chi connectivity index (χ4v) is 2.93. The van der Waals surface area contributed by atoms with Crippen molar-refractivity contribution in [2.75, 3.05) is 0 Å². The SMILES string of the molecule is N#Cc1ccc(-c2cccc(CNC(=O)NCc3ccon3)c2)s1. The number of carbonyl (C=O) groups excluding carboxylic acids is 1. The highest BCUT2D eigenvalue weighted by atomic mass is 32.1. The minimum absolute atomic E-state index is 0.272. The van der Waals surface area contributed by atoms with Gasteiger partial charge in [0.05, 0.1) is 6.54 Å². The van der Waals surface area contributed by atoms with E-state index in [4.69, 9.17) is 9.78 Å². The highest BCUT2D eigenvalue weighted by Crippen LogP contribution is 2.28. The van der Waals surface area contributed by atoms with Gasteiger partial charge in [0.2, 0.25) is 0 Å². The van der Waals surface area contributed by atoms with Crippen LogP contribution in [0.1, 0.15) is 16.1 Å². The van der Waals surface area contributed by atoms with Crippen LogP contribution in [0.3, 0.4) is 0 Å². The first kappa shape index (κ1) is 15.8. The molecule has 6 nitrogen and oxygen atoms in total. The molecule has 120 valence electrons. The highest BCUT2D eigenvalue weighted by molar-refractivity contribution is 7.16. The van der Waals surface area contributed by atoms with Crippen LogP contribution in [0, 0.1) is 11.3 Å². The van der Waals surface area contributed by atoms with E-state index >= 15 is 0 Å². The Kier molecular flexibility index (Phi) is 4.89. The molecular formula is C17H14N4O2S. The topological polar surface area (TPSA) is 91.0 Å². The number of amides is 2. The summed E-state index contributed by atoms with van der Waals surface area (Å²) in [5, 5.41) is 18.1. The van der Waals surface area contributed by atoms with Gasteiger partial charge in [-0.05, 0) is 29.3 Å². The zero-order valence-electron chi connectivity index (χ0n) is 12.7. The number of hydrogen-bond acceptors (Lipinski definition) is 5. The molecule has 0 saturated carbocycles. The summed E-state index contributed by atoms with van der Waals surface area (Å²) < 4.78 is 4.70. The lowest BCUT2D eigenvalue weighted by Gasteiger charge is -2.07. The van der Waals surface area contributed by atoms with E-state index in [9.17, 15) is 4.79 Å². The van der Waals surface area contributed by atoms with E-state index in [0.29, 0.717) is 23.7 Å². The number of rotatable bonds is 5. The third kappa shape index (κ3) is 4.00. The van der Waals surface area contributed by atoms with E-state index < -0.39 is 0 Å². The Balaban J connectivity index is 1.56. The molecule has 0 atom stereocenters. The van der Waals surface area contributed by atoms with E-state index in [0.717, 1.165) is 16.0 Å². The molecule has 3 rings (SSSR count). The number of nitrogens with one attached hydrogen (secondary N) is 2. The predicted octanol–water partition coefficient (Wildman–Crippen LogP) is 3.27. The fourth-order valence-electron chi connectivity index (χ4n) is 2.13. The first-order valence-corrected chi connectivity index (χ1v) is 8.06. The van der Waals surface area contributed by atoms with E-state index in [1.807, 2.05) is 36.4 Å². The lowest BCUT2D eigenvalue weighted by atomic mass is 10.1. The molecular weight excluding hydrogens is 324 g/mol. The summed E-state index contributed by atoms with van der Waals surface area (Å²) in [7, 11) is 0. The van der Waals surface area contributed by atoms with Crippen molar-refractivity contribution in [1.29, 1.82) is 5.26 Å². The Morgan fingerprint density at radius 1 is 1.21 bits per heavy atom. The summed E-state index contributed by atoms with van der Waals surface area (Å²) in [6.45, 7) is 0.726. The number of aromatic nitrogens is 1. The number of nitriles is 1. The van der Waals surface area contributed by atoms with Crippen molar-refractivity contribution in [3.8, 4) is 16.5 Å². The van der Waals surface area contributed by atoms with Crippen molar-refractivity contribution in [3.63, 3.8) is 0 Å². The highest BCUT2D eigenvalue weighted by Gasteiger charge is 2.05. The quantitative estimate of drug-likeness (QED) is 0.747. The number of benzene rings is 1. The van der Waals surface area contributed by atoms with Crippen molar-refractivity contribution < 1.29 is 9.32 Å². The largest absolute Gasteiger partial charge is 0.364 e. The van der Waals surface area contributed by atoms with Gasteiger partial charge in [-0.3, -0.25) is 0 Å². The van der Waals surface area contributed by atoms with Crippen LogP contribution in [0.2, 0.25) is 0 Å². The van der Waals surface area contributed by atoms with Gasteiger partial charge in [0.1, 0.15) is 22.9 Å². The predicted molar refractivity (Wildman–Crippen MR) is 90.0 cm³/mol. The molecule has 0 aliphatic heterocycles. The third-order valence-electron chi connectivity index (χ3n) is 3.30. The van der Waals surface area contributed by atoms with E-state index in [2.05, 4.69) is 21.9 Å². The standard InChI is InChI=1S/C17H14N4O2S/c18-9-15-4-5-16(24-15)13-3-1-2-12(8-13)10-19-17(22)20-11-14-6-7-23-21-14/h1-8H,10-11H2,(H2,19,20,22). The molecule has 3 aromatic rings. The summed E-state index contributed by atoms with van der Waals surface area (Å²) in [5.41, 5.74) is 2.68. The second-order valence-electron chi connectivity index (χ2n) is 5.00. The Morgan fingerprint density at radius 3 is 2.83 bits per heavy atom. The van der Waals surface area contributed by atoms with E-state index in [1.54, 1.807) is 6.07 Å². The summed E-state index contributed by atoms with van der Waals surface area (Å²) >= 11 is 1.45. The van der Waals surface area contributed by atoms with Crippen molar-refractivity contribution in [2.24, 2.45) is 0 Å². The van der Waals surface area contributed by atoms with Gasteiger partial charge in [-0.25, -0.2) is 4.79 Å². The van der Waals surface area contributed by atoms with Crippen molar-refractivity contribution in [1.82, 2.24) is 15.8 Å². The van der Waals surface area contributed by atoms with Gasteiger partial charge >= 0.3 is 6.03 Å². The maximum Gasteiger partial charge on any atom is 0.315 e. The molecule has 0 bridgehead atoms. The van der Waals surface area contributed by atoms with Crippen molar-refractivity contribution >= 4 is 17.4 Å². The van der Waals surface area contributed by atoms with Gasteiger partial charge in [0.25, 0.3) is 0 Å². The molecule has 0 radical (unpaired) electrons. The van der Waals surface area contributed by atoms with Crippen LogP contribution in [0.15, 0.2) is 53.3 Å². The molecule has 2 N–H and O–H groups in total. The van der Waals surface area contributed by atoms with Crippen LogP contribution in [0.5, 0.6) is 0 Å². The molecule has 0 saturated heterocycles. The first-order valence-electron chi connectivity index (χ1n) is 7.25. The summed E-state index contributed by atoms with van der Waals surface area (Å²) in [6.07, 6.45) is 1.46. The average Bonchev–Trinajstić information content (AvgIpc) is 3.29. The smallest absolute Gasteiger partial charge is 0.315 e. The van der Waals surface area contributed by atoms with E-state index in [-0.39, 0.29) is 6.03 Å². The van der Waals surface area contributed by atoms with Gasteiger partial charge in [-0.2, -0.15) is 5.26 Å². The van der Waals surface area contributed by atoms with Gasteiger partial charge in [0, 0.05) is 17.5 Å². The van der Waals surface area contributed by atoms with Crippen molar-refractivity contribution in [3.05, 3.63) is 64.9 Å².